The van der Waals surface area contributed by atoms with E-state index in [2.05, 4.69) is 20.8 Å². The van der Waals surface area contributed by atoms with Gasteiger partial charge in [-0.3, -0.25) is 4.79 Å². The van der Waals surface area contributed by atoms with Gasteiger partial charge in [0.1, 0.15) is 11.4 Å². The molecular formula is C22H21BrFN3O3. The Morgan fingerprint density at radius 3 is 2.43 bits per heavy atom. The van der Waals surface area contributed by atoms with Crippen LogP contribution in [0, 0.1) is 5.82 Å². The van der Waals surface area contributed by atoms with Crippen LogP contribution >= 0.6 is 15.9 Å². The molecule has 0 amide bonds. The number of aromatic nitrogens is 1. The van der Waals surface area contributed by atoms with Crippen LogP contribution in [0.2, 0.25) is 0 Å². The molecule has 1 aromatic heterocycles. The molecular weight excluding hydrogens is 453 g/mol. The Labute approximate surface area is 181 Å². The Balaban J connectivity index is 1.87. The topological polar surface area (TPSA) is 65.8 Å². The highest BCUT2D eigenvalue weighted by molar-refractivity contribution is 9.10. The molecule has 3 aromatic rings. The summed E-state index contributed by atoms with van der Waals surface area (Å²) in [5.74, 6) is -1.84. The van der Waals surface area contributed by atoms with Crippen molar-refractivity contribution < 1.29 is 14.3 Å². The van der Waals surface area contributed by atoms with E-state index in [1.54, 1.807) is 10.6 Å². The third-order valence-corrected chi connectivity index (χ3v) is 6.02. The SMILES string of the molecule is CN1CCN(c2cc3c(cc2F)c(=O)c(C(=O)O)cn3Cc2ccc(Br)cc2)CC1. The first-order valence-corrected chi connectivity index (χ1v) is 10.4. The second-order valence-electron chi connectivity index (χ2n) is 7.54. The van der Waals surface area contributed by atoms with Crippen molar-refractivity contribution in [2.45, 2.75) is 6.54 Å². The van der Waals surface area contributed by atoms with Crippen LogP contribution in [-0.4, -0.2) is 53.8 Å². The Morgan fingerprint density at radius 2 is 1.80 bits per heavy atom. The number of hydrogen-bond acceptors (Lipinski definition) is 4. The first-order valence-electron chi connectivity index (χ1n) is 9.61. The van der Waals surface area contributed by atoms with Gasteiger partial charge in [0, 0.05) is 48.8 Å². The van der Waals surface area contributed by atoms with E-state index in [0.717, 1.165) is 23.1 Å². The van der Waals surface area contributed by atoms with Crippen molar-refractivity contribution in [1.82, 2.24) is 9.47 Å². The predicted molar refractivity (Wildman–Crippen MR) is 118 cm³/mol. The Hall–Kier alpha value is -2.71. The molecule has 1 saturated heterocycles. The van der Waals surface area contributed by atoms with Crippen molar-refractivity contribution in [2.24, 2.45) is 0 Å². The highest BCUT2D eigenvalue weighted by atomic mass is 79.9. The van der Waals surface area contributed by atoms with Gasteiger partial charge in [-0.15, -0.1) is 0 Å². The van der Waals surface area contributed by atoms with Crippen LogP contribution < -0.4 is 10.3 Å². The molecule has 2 heterocycles. The van der Waals surface area contributed by atoms with Crippen LogP contribution in [0.5, 0.6) is 0 Å². The quantitative estimate of drug-likeness (QED) is 0.628. The normalized spacial score (nSPS) is 15.0. The minimum absolute atomic E-state index is 0.0717. The standard InChI is InChI=1S/C22H21BrFN3O3/c1-25-6-8-26(9-7-25)20-11-19-16(10-18(20)24)21(28)17(22(29)30)13-27(19)12-14-2-4-15(23)5-3-14/h2-5,10-11,13H,6-9,12H2,1H3,(H,29,30). The molecule has 0 bridgehead atoms. The average Bonchev–Trinajstić information content (AvgIpc) is 2.72. The molecule has 1 fully saturated rings. The third-order valence-electron chi connectivity index (χ3n) is 5.49. The number of nitrogens with zero attached hydrogens (tertiary/aromatic N) is 3. The molecule has 4 rings (SSSR count). The van der Waals surface area contributed by atoms with E-state index < -0.39 is 17.2 Å². The number of benzene rings is 2. The molecule has 2 aromatic carbocycles. The second kappa shape index (κ2) is 8.20. The number of carbonyl (C=O) groups is 1. The lowest BCUT2D eigenvalue weighted by atomic mass is 10.1. The van der Waals surface area contributed by atoms with E-state index >= 15 is 0 Å². The smallest absolute Gasteiger partial charge is 0.341 e. The summed E-state index contributed by atoms with van der Waals surface area (Å²) in [7, 11) is 2.03. The van der Waals surface area contributed by atoms with Crippen LogP contribution in [0.4, 0.5) is 10.1 Å². The summed E-state index contributed by atoms with van der Waals surface area (Å²) in [4.78, 5) is 28.5. The molecule has 0 aliphatic carbocycles. The fourth-order valence-corrected chi connectivity index (χ4v) is 4.02. The minimum Gasteiger partial charge on any atom is -0.477 e. The lowest BCUT2D eigenvalue weighted by Gasteiger charge is -2.34. The van der Waals surface area contributed by atoms with Crippen LogP contribution in [0.25, 0.3) is 10.9 Å². The minimum atomic E-state index is -1.32. The summed E-state index contributed by atoms with van der Waals surface area (Å²) in [5, 5.41) is 9.55. The zero-order valence-electron chi connectivity index (χ0n) is 16.4. The molecule has 156 valence electrons. The Bertz CT molecular complexity index is 1170. The number of rotatable bonds is 4. The highest BCUT2D eigenvalue weighted by Crippen LogP contribution is 2.27. The molecule has 0 saturated carbocycles. The third kappa shape index (κ3) is 3.97. The largest absolute Gasteiger partial charge is 0.477 e. The second-order valence-corrected chi connectivity index (χ2v) is 8.46. The molecule has 1 aliphatic heterocycles. The van der Waals surface area contributed by atoms with Crippen molar-refractivity contribution in [3.63, 3.8) is 0 Å². The number of likely N-dealkylation sites (N-methyl/N-ethyl adjacent to an activating group) is 1. The zero-order chi connectivity index (χ0) is 21.4. The molecule has 8 heteroatoms. The molecule has 0 radical (unpaired) electrons. The fourth-order valence-electron chi connectivity index (χ4n) is 3.76. The lowest BCUT2D eigenvalue weighted by Crippen LogP contribution is -2.44. The van der Waals surface area contributed by atoms with Crippen LogP contribution in [0.15, 0.2) is 51.9 Å². The number of hydrogen-bond donors (Lipinski definition) is 1. The molecule has 1 aliphatic rings. The van der Waals surface area contributed by atoms with Gasteiger partial charge in [0.15, 0.2) is 0 Å². The van der Waals surface area contributed by atoms with Gasteiger partial charge in [-0.05, 0) is 36.9 Å². The number of piperazine rings is 1. The summed E-state index contributed by atoms with van der Waals surface area (Å²) in [6.07, 6.45) is 1.35. The van der Waals surface area contributed by atoms with Crippen molar-refractivity contribution in [2.75, 3.05) is 38.1 Å². The van der Waals surface area contributed by atoms with E-state index in [0.29, 0.717) is 30.8 Å². The maximum absolute atomic E-state index is 15.0. The Morgan fingerprint density at radius 1 is 1.13 bits per heavy atom. The maximum Gasteiger partial charge on any atom is 0.341 e. The van der Waals surface area contributed by atoms with Gasteiger partial charge >= 0.3 is 5.97 Å². The summed E-state index contributed by atoms with van der Waals surface area (Å²) < 4.78 is 17.6. The average molecular weight is 474 g/mol. The number of fused-ring (bicyclic) bond motifs is 1. The number of carboxylic acid groups (broad SMARTS) is 1. The fraction of sp³-hybridized carbons (Fsp3) is 0.273. The maximum atomic E-state index is 15.0. The molecule has 30 heavy (non-hydrogen) atoms. The van der Waals surface area contributed by atoms with Gasteiger partial charge in [-0.25, -0.2) is 9.18 Å². The van der Waals surface area contributed by atoms with Gasteiger partial charge in [0.25, 0.3) is 0 Å². The lowest BCUT2D eigenvalue weighted by molar-refractivity contribution is 0.0695. The first-order chi connectivity index (χ1) is 14.3. The molecule has 0 spiro atoms. The summed E-state index contributed by atoms with van der Waals surface area (Å²) in [6, 6.07) is 10.5. The number of aromatic carboxylic acids is 1. The van der Waals surface area contributed by atoms with Gasteiger partial charge in [0.05, 0.1) is 11.2 Å². The van der Waals surface area contributed by atoms with Crippen molar-refractivity contribution in [1.29, 1.82) is 0 Å². The van der Waals surface area contributed by atoms with Gasteiger partial charge in [-0.2, -0.15) is 0 Å². The molecule has 6 nitrogen and oxygen atoms in total. The van der Waals surface area contributed by atoms with Crippen LogP contribution in [0.3, 0.4) is 0 Å². The molecule has 1 N–H and O–H groups in total. The van der Waals surface area contributed by atoms with E-state index in [1.165, 1.54) is 12.3 Å². The summed E-state index contributed by atoms with van der Waals surface area (Å²) in [6.45, 7) is 3.37. The monoisotopic (exact) mass is 473 g/mol. The van der Waals surface area contributed by atoms with Gasteiger partial charge in [0.2, 0.25) is 5.43 Å². The highest BCUT2D eigenvalue weighted by Gasteiger charge is 2.21. The van der Waals surface area contributed by atoms with E-state index in [4.69, 9.17) is 0 Å². The Kier molecular flexibility index (Phi) is 5.62. The van der Waals surface area contributed by atoms with Crippen molar-refractivity contribution in [3.05, 3.63) is 74.2 Å². The predicted octanol–water partition coefficient (Wildman–Crippen LogP) is 3.40. The summed E-state index contributed by atoms with van der Waals surface area (Å²) >= 11 is 3.40. The van der Waals surface area contributed by atoms with E-state index in [-0.39, 0.29) is 10.9 Å². The van der Waals surface area contributed by atoms with Gasteiger partial charge in [-0.1, -0.05) is 28.1 Å². The molecule has 0 unspecified atom stereocenters. The number of anilines is 1. The van der Waals surface area contributed by atoms with Crippen molar-refractivity contribution >= 4 is 38.5 Å². The van der Waals surface area contributed by atoms with E-state index in [9.17, 15) is 19.1 Å². The van der Waals surface area contributed by atoms with Gasteiger partial charge < -0.3 is 19.5 Å². The number of pyridine rings is 1. The van der Waals surface area contributed by atoms with Crippen LogP contribution in [0.1, 0.15) is 15.9 Å². The number of carboxylic acids is 1. The number of halogens is 2. The molecule has 0 atom stereocenters. The van der Waals surface area contributed by atoms with Crippen molar-refractivity contribution in [3.8, 4) is 0 Å². The van der Waals surface area contributed by atoms with Crippen LogP contribution in [-0.2, 0) is 6.54 Å². The summed E-state index contributed by atoms with van der Waals surface area (Å²) in [5.41, 5.74) is 0.843. The zero-order valence-corrected chi connectivity index (χ0v) is 18.0. The van der Waals surface area contributed by atoms with E-state index in [1.807, 2.05) is 36.2 Å². The first kappa shape index (κ1) is 20.6.